The summed E-state index contributed by atoms with van der Waals surface area (Å²) >= 11 is 6.15. The number of hydrogen-bond donors (Lipinski definition) is 1. The van der Waals surface area contributed by atoms with Crippen molar-refractivity contribution in [1.29, 1.82) is 0 Å². The summed E-state index contributed by atoms with van der Waals surface area (Å²) in [4.78, 5) is 0. The molecule has 1 aromatic heterocycles. The molecule has 18 heavy (non-hydrogen) atoms. The molecule has 0 saturated heterocycles. The molecule has 0 saturated carbocycles. The number of aromatic nitrogens is 2. The second-order valence-corrected chi connectivity index (χ2v) is 4.57. The SMILES string of the molecule is COc1ccc(Cl)c(NC(C)c2cnn(C)c2)c1. The molecule has 1 heterocycles. The summed E-state index contributed by atoms with van der Waals surface area (Å²) in [5.74, 6) is 0.778. The molecule has 1 atom stereocenters. The van der Waals surface area contributed by atoms with Crippen molar-refractivity contribution in [3.63, 3.8) is 0 Å². The van der Waals surface area contributed by atoms with Gasteiger partial charge in [0, 0.05) is 24.9 Å². The minimum atomic E-state index is 0.128. The van der Waals surface area contributed by atoms with Gasteiger partial charge in [0.05, 0.1) is 30.1 Å². The zero-order chi connectivity index (χ0) is 13.1. The molecular formula is C13H16ClN3O. The molecule has 0 spiro atoms. The van der Waals surface area contributed by atoms with Gasteiger partial charge in [0.15, 0.2) is 0 Å². The molecule has 0 aliphatic rings. The number of methoxy groups -OCH3 is 1. The number of halogens is 1. The second-order valence-electron chi connectivity index (χ2n) is 4.16. The number of aryl methyl sites for hydroxylation is 1. The molecule has 0 radical (unpaired) electrons. The maximum Gasteiger partial charge on any atom is 0.121 e. The van der Waals surface area contributed by atoms with Crippen molar-refractivity contribution in [2.24, 2.45) is 7.05 Å². The monoisotopic (exact) mass is 265 g/mol. The second kappa shape index (κ2) is 5.31. The highest BCUT2D eigenvalue weighted by Gasteiger charge is 2.10. The van der Waals surface area contributed by atoms with Crippen molar-refractivity contribution in [3.8, 4) is 5.75 Å². The van der Waals surface area contributed by atoms with Crippen molar-refractivity contribution < 1.29 is 4.74 Å². The standard InChI is InChI=1S/C13H16ClN3O/c1-9(10-7-15-17(2)8-10)16-13-6-11(18-3)4-5-12(13)14/h4-9,16H,1-3H3. The highest BCUT2D eigenvalue weighted by molar-refractivity contribution is 6.33. The van der Waals surface area contributed by atoms with Crippen LogP contribution in [0.25, 0.3) is 0 Å². The van der Waals surface area contributed by atoms with Gasteiger partial charge in [0.25, 0.3) is 0 Å². The van der Waals surface area contributed by atoms with E-state index in [1.807, 2.05) is 37.6 Å². The highest BCUT2D eigenvalue weighted by Crippen LogP contribution is 2.29. The van der Waals surface area contributed by atoms with Gasteiger partial charge in [-0.3, -0.25) is 4.68 Å². The van der Waals surface area contributed by atoms with E-state index in [0.29, 0.717) is 5.02 Å². The van der Waals surface area contributed by atoms with Crippen LogP contribution in [0.5, 0.6) is 5.75 Å². The summed E-state index contributed by atoms with van der Waals surface area (Å²) in [5, 5.41) is 8.18. The maximum atomic E-state index is 6.15. The third-order valence-electron chi connectivity index (χ3n) is 2.77. The van der Waals surface area contributed by atoms with Crippen LogP contribution in [-0.2, 0) is 7.05 Å². The summed E-state index contributed by atoms with van der Waals surface area (Å²) in [6.07, 6.45) is 3.82. The summed E-state index contributed by atoms with van der Waals surface area (Å²) in [7, 11) is 3.53. The zero-order valence-electron chi connectivity index (χ0n) is 10.6. The van der Waals surface area contributed by atoms with Crippen molar-refractivity contribution in [2.45, 2.75) is 13.0 Å². The predicted molar refractivity (Wildman–Crippen MR) is 73.2 cm³/mol. The quantitative estimate of drug-likeness (QED) is 0.922. The fourth-order valence-electron chi connectivity index (χ4n) is 1.72. The number of anilines is 1. The largest absolute Gasteiger partial charge is 0.497 e. The van der Waals surface area contributed by atoms with E-state index in [1.54, 1.807) is 11.8 Å². The lowest BCUT2D eigenvalue weighted by atomic mass is 10.2. The van der Waals surface area contributed by atoms with Crippen molar-refractivity contribution >= 4 is 17.3 Å². The highest BCUT2D eigenvalue weighted by atomic mass is 35.5. The number of nitrogens with zero attached hydrogens (tertiary/aromatic N) is 2. The number of nitrogens with one attached hydrogen (secondary N) is 1. The molecular weight excluding hydrogens is 250 g/mol. The van der Waals surface area contributed by atoms with Gasteiger partial charge in [-0.1, -0.05) is 11.6 Å². The Morgan fingerprint density at radius 2 is 2.22 bits per heavy atom. The summed E-state index contributed by atoms with van der Waals surface area (Å²) < 4.78 is 6.96. The van der Waals surface area contributed by atoms with Crippen LogP contribution in [0, 0.1) is 0 Å². The van der Waals surface area contributed by atoms with E-state index in [2.05, 4.69) is 17.3 Å². The van der Waals surface area contributed by atoms with Gasteiger partial charge in [-0.15, -0.1) is 0 Å². The Labute approximate surface area is 112 Å². The Kier molecular flexibility index (Phi) is 3.77. The first-order chi connectivity index (χ1) is 8.60. The summed E-state index contributed by atoms with van der Waals surface area (Å²) in [6.45, 7) is 2.06. The van der Waals surface area contributed by atoms with E-state index in [4.69, 9.17) is 16.3 Å². The predicted octanol–water partition coefficient (Wildman–Crippen LogP) is 3.26. The van der Waals surface area contributed by atoms with E-state index in [0.717, 1.165) is 17.0 Å². The normalized spacial score (nSPS) is 12.2. The van der Waals surface area contributed by atoms with Gasteiger partial charge in [0.1, 0.15) is 5.75 Å². The van der Waals surface area contributed by atoms with Crippen LogP contribution in [0.4, 0.5) is 5.69 Å². The van der Waals surface area contributed by atoms with E-state index in [9.17, 15) is 0 Å². The molecule has 96 valence electrons. The van der Waals surface area contributed by atoms with E-state index in [1.165, 1.54) is 0 Å². The molecule has 1 unspecified atom stereocenters. The summed E-state index contributed by atoms with van der Waals surface area (Å²) in [5.41, 5.74) is 1.96. The number of benzene rings is 1. The molecule has 0 aliphatic heterocycles. The lowest BCUT2D eigenvalue weighted by Crippen LogP contribution is -2.06. The Hall–Kier alpha value is -1.68. The Balaban J connectivity index is 2.18. The molecule has 2 rings (SSSR count). The smallest absolute Gasteiger partial charge is 0.121 e. The van der Waals surface area contributed by atoms with Crippen LogP contribution in [0.15, 0.2) is 30.6 Å². The molecule has 4 nitrogen and oxygen atoms in total. The minimum Gasteiger partial charge on any atom is -0.497 e. The minimum absolute atomic E-state index is 0.128. The Morgan fingerprint density at radius 3 is 2.83 bits per heavy atom. The molecule has 1 N–H and O–H groups in total. The van der Waals surface area contributed by atoms with Crippen LogP contribution in [0.1, 0.15) is 18.5 Å². The molecule has 0 fully saturated rings. The van der Waals surface area contributed by atoms with Crippen LogP contribution in [0.2, 0.25) is 5.02 Å². The van der Waals surface area contributed by atoms with Crippen molar-refractivity contribution in [3.05, 3.63) is 41.2 Å². The number of ether oxygens (including phenoxy) is 1. The van der Waals surface area contributed by atoms with E-state index >= 15 is 0 Å². The van der Waals surface area contributed by atoms with Crippen LogP contribution < -0.4 is 10.1 Å². The average Bonchev–Trinajstić information content (AvgIpc) is 2.79. The Morgan fingerprint density at radius 1 is 1.44 bits per heavy atom. The molecule has 0 amide bonds. The van der Waals surface area contributed by atoms with Gasteiger partial charge < -0.3 is 10.1 Å². The molecule has 0 bridgehead atoms. The summed E-state index contributed by atoms with van der Waals surface area (Å²) in [6, 6.07) is 5.67. The Bertz CT molecular complexity index is 539. The lowest BCUT2D eigenvalue weighted by Gasteiger charge is -2.15. The third-order valence-corrected chi connectivity index (χ3v) is 3.10. The van der Waals surface area contributed by atoms with Crippen LogP contribution in [-0.4, -0.2) is 16.9 Å². The number of rotatable bonds is 4. The van der Waals surface area contributed by atoms with E-state index in [-0.39, 0.29) is 6.04 Å². The zero-order valence-corrected chi connectivity index (χ0v) is 11.4. The lowest BCUT2D eigenvalue weighted by molar-refractivity contribution is 0.415. The average molecular weight is 266 g/mol. The molecule has 2 aromatic rings. The third kappa shape index (κ3) is 2.76. The topological polar surface area (TPSA) is 39.1 Å². The first kappa shape index (κ1) is 12.8. The fourth-order valence-corrected chi connectivity index (χ4v) is 1.89. The van der Waals surface area contributed by atoms with Gasteiger partial charge in [-0.25, -0.2) is 0 Å². The van der Waals surface area contributed by atoms with Crippen LogP contribution in [0.3, 0.4) is 0 Å². The van der Waals surface area contributed by atoms with Crippen LogP contribution >= 0.6 is 11.6 Å². The van der Waals surface area contributed by atoms with Gasteiger partial charge in [0.2, 0.25) is 0 Å². The molecule has 0 aliphatic carbocycles. The van der Waals surface area contributed by atoms with Crippen molar-refractivity contribution in [2.75, 3.05) is 12.4 Å². The van der Waals surface area contributed by atoms with Gasteiger partial charge in [-0.2, -0.15) is 5.10 Å². The first-order valence-corrected chi connectivity index (χ1v) is 6.06. The van der Waals surface area contributed by atoms with Gasteiger partial charge >= 0.3 is 0 Å². The maximum absolute atomic E-state index is 6.15. The van der Waals surface area contributed by atoms with Crippen molar-refractivity contribution in [1.82, 2.24) is 9.78 Å². The van der Waals surface area contributed by atoms with Gasteiger partial charge in [-0.05, 0) is 19.1 Å². The number of hydrogen-bond acceptors (Lipinski definition) is 3. The molecule has 1 aromatic carbocycles. The molecule has 5 heteroatoms. The van der Waals surface area contributed by atoms with E-state index < -0.39 is 0 Å². The first-order valence-electron chi connectivity index (χ1n) is 5.69. The fraction of sp³-hybridized carbons (Fsp3) is 0.308.